The fraction of sp³-hybridized carbons (Fsp3) is 0.500. The first kappa shape index (κ1) is 16.3. The van der Waals surface area contributed by atoms with Gasteiger partial charge in [-0.3, -0.25) is 15.0 Å². The molecule has 1 aromatic rings. The van der Waals surface area contributed by atoms with E-state index >= 15 is 0 Å². The van der Waals surface area contributed by atoms with Crippen molar-refractivity contribution < 1.29 is 9.59 Å². The largest absolute Gasteiger partial charge is 0.369 e. The number of nitrogens with one attached hydrogen (secondary N) is 2. The smallest absolute Gasteiger partial charge is 0.321 e. The Balaban J connectivity index is 1.73. The van der Waals surface area contributed by atoms with Gasteiger partial charge in [-0.15, -0.1) is 0 Å². The fourth-order valence-electron chi connectivity index (χ4n) is 2.47. The number of hydrogen-bond donors (Lipinski definition) is 2. The number of nitrogens with zero attached hydrogens (tertiary/aromatic N) is 2. The van der Waals surface area contributed by atoms with E-state index in [1.807, 2.05) is 32.0 Å². The van der Waals surface area contributed by atoms with Crippen LogP contribution in [0.3, 0.4) is 0 Å². The third-order valence-electron chi connectivity index (χ3n) is 3.53. The minimum absolute atomic E-state index is 0.0159. The van der Waals surface area contributed by atoms with Gasteiger partial charge in [-0.2, -0.15) is 0 Å². The molecule has 1 fully saturated rings. The second-order valence-corrected chi connectivity index (χ2v) is 5.78. The van der Waals surface area contributed by atoms with Gasteiger partial charge in [-0.05, 0) is 26.0 Å². The standard InChI is InChI=1S/C16H24N4O2/c1-13(2)17-16(22)18-15(21)12-19-8-10-20(11-9-19)14-6-4-3-5-7-14/h3-7,13H,8-12H2,1-2H3,(H2,17,18,21,22). The molecule has 0 atom stereocenters. The summed E-state index contributed by atoms with van der Waals surface area (Å²) in [7, 11) is 0. The molecule has 0 aromatic heterocycles. The molecule has 1 heterocycles. The summed E-state index contributed by atoms with van der Waals surface area (Å²) in [5, 5.41) is 5.00. The zero-order chi connectivity index (χ0) is 15.9. The molecule has 0 radical (unpaired) electrons. The molecule has 3 amide bonds. The maximum Gasteiger partial charge on any atom is 0.321 e. The summed E-state index contributed by atoms with van der Waals surface area (Å²) in [6, 6.07) is 9.85. The third kappa shape index (κ3) is 5.04. The molecule has 1 saturated heterocycles. The fourth-order valence-corrected chi connectivity index (χ4v) is 2.47. The Morgan fingerprint density at radius 2 is 1.73 bits per heavy atom. The number of imide groups is 1. The van der Waals surface area contributed by atoms with Crippen molar-refractivity contribution in [2.75, 3.05) is 37.6 Å². The summed E-state index contributed by atoms with van der Waals surface area (Å²) in [5.74, 6) is -0.258. The van der Waals surface area contributed by atoms with Crippen LogP contribution in [-0.4, -0.2) is 55.6 Å². The molecule has 0 bridgehead atoms. The molecule has 1 aliphatic rings. The highest BCUT2D eigenvalue weighted by Gasteiger charge is 2.19. The van der Waals surface area contributed by atoms with E-state index in [1.54, 1.807) is 0 Å². The van der Waals surface area contributed by atoms with E-state index in [4.69, 9.17) is 0 Å². The molecule has 1 aliphatic heterocycles. The predicted octanol–water partition coefficient (Wildman–Crippen LogP) is 1.04. The maximum atomic E-state index is 11.8. The molecular weight excluding hydrogens is 280 g/mol. The Bertz CT molecular complexity index is 496. The van der Waals surface area contributed by atoms with Crippen LogP contribution in [0.5, 0.6) is 0 Å². The van der Waals surface area contributed by atoms with Crippen LogP contribution < -0.4 is 15.5 Å². The Hall–Kier alpha value is -2.08. The molecule has 0 spiro atoms. The number of anilines is 1. The molecular formula is C16H24N4O2. The van der Waals surface area contributed by atoms with Crippen molar-refractivity contribution in [2.45, 2.75) is 19.9 Å². The molecule has 22 heavy (non-hydrogen) atoms. The number of piperazine rings is 1. The number of carbonyl (C=O) groups excluding carboxylic acids is 2. The van der Waals surface area contributed by atoms with Crippen molar-refractivity contribution in [1.29, 1.82) is 0 Å². The first-order valence-electron chi connectivity index (χ1n) is 7.67. The Kier molecular flexibility index (Phi) is 5.77. The second-order valence-electron chi connectivity index (χ2n) is 5.78. The predicted molar refractivity (Wildman–Crippen MR) is 86.9 cm³/mol. The molecule has 0 saturated carbocycles. The summed E-state index contributed by atoms with van der Waals surface area (Å²) >= 11 is 0. The van der Waals surface area contributed by atoms with Gasteiger partial charge in [0.2, 0.25) is 5.91 Å². The number of para-hydroxylation sites is 1. The van der Waals surface area contributed by atoms with Crippen LogP contribution in [0.1, 0.15) is 13.8 Å². The van der Waals surface area contributed by atoms with Crippen LogP contribution in [0.15, 0.2) is 30.3 Å². The normalized spacial score (nSPS) is 15.7. The van der Waals surface area contributed by atoms with Crippen LogP contribution in [0.2, 0.25) is 0 Å². The number of carbonyl (C=O) groups is 2. The summed E-state index contributed by atoms with van der Waals surface area (Å²) < 4.78 is 0. The van der Waals surface area contributed by atoms with Gasteiger partial charge >= 0.3 is 6.03 Å². The highest BCUT2D eigenvalue weighted by molar-refractivity contribution is 5.95. The molecule has 1 aromatic carbocycles. The van der Waals surface area contributed by atoms with Crippen LogP contribution in [0.4, 0.5) is 10.5 Å². The highest BCUT2D eigenvalue weighted by Crippen LogP contribution is 2.15. The number of amides is 3. The SMILES string of the molecule is CC(C)NC(=O)NC(=O)CN1CCN(c2ccccc2)CC1. The van der Waals surface area contributed by atoms with Gasteiger partial charge in [0.15, 0.2) is 0 Å². The van der Waals surface area contributed by atoms with E-state index < -0.39 is 6.03 Å². The average Bonchev–Trinajstić information content (AvgIpc) is 2.47. The minimum Gasteiger partial charge on any atom is -0.369 e. The van der Waals surface area contributed by atoms with Gasteiger partial charge in [-0.1, -0.05) is 18.2 Å². The number of hydrogen-bond acceptors (Lipinski definition) is 4. The Morgan fingerprint density at radius 1 is 1.09 bits per heavy atom. The van der Waals surface area contributed by atoms with Gasteiger partial charge < -0.3 is 10.2 Å². The average molecular weight is 304 g/mol. The summed E-state index contributed by atoms with van der Waals surface area (Å²) in [6.07, 6.45) is 0. The van der Waals surface area contributed by atoms with Crippen LogP contribution >= 0.6 is 0 Å². The van der Waals surface area contributed by atoms with Gasteiger partial charge in [0.25, 0.3) is 0 Å². The number of urea groups is 1. The molecule has 6 heteroatoms. The summed E-state index contributed by atoms with van der Waals surface area (Å²) in [6.45, 7) is 7.36. The van der Waals surface area contributed by atoms with Crippen molar-refractivity contribution in [3.8, 4) is 0 Å². The van der Waals surface area contributed by atoms with E-state index in [0.29, 0.717) is 0 Å². The van der Waals surface area contributed by atoms with E-state index in [1.165, 1.54) is 5.69 Å². The van der Waals surface area contributed by atoms with Crippen molar-refractivity contribution in [1.82, 2.24) is 15.5 Å². The lowest BCUT2D eigenvalue weighted by Crippen LogP contribution is -2.51. The van der Waals surface area contributed by atoms with E-state index in [9.17, 15) is 9.59 Å². The second kappa shape index (κ2) is 7.79. The summed E-state index contributed by atoms with van der Waals surface area (Å²) in [5.41, 5.74) is 1.21. The maximum absolute atomic E-state index is 11.8. The lowest BCUT2D eigenvalue weighted by atomic mass is 10.2. The number of rotatable bonds is 4. The molecule has 2 N–H and O–H groups in total. The highest BCUT2D eigenvalue weighted by atomic mass is 16.2. The molecule has 2 rings (SSSR count). The van der Waals surface area contributed by atoms with Crippen molar-refractivity contribution in [3.63, 3.8) is 0 Å². The molecule has 0 aliphatic carbocycles. The molecule has 120 valence electrons. The van der Waals surface area contributed by atoms with Crippen LogP contribution in [0.25, 0.3) is 0 Å². The van der Waals surface area contributed by atoms with Crippen molar-refractivity contribution in [2.24, 2.45) is 0 Å². The number of benzene rings is 1. The van der Waals surface area contributed by atoms with Crippen molar-refractivity contribution >= 4 is 17.6 Å². The van der Waals surface area contributed by atoms with Gasteiger partial charge in [0.1, 0.15) is 0 Å². The van der Waals surface area contributed by atoms with Gasteiger partial charge in [0.05, 0.1) is 6.54 Å². The van der Waals surface area contributed by atoms with E-state index in [-0.39, 0.29) is 18.5 Å². The minimum atomic E-state index is -0.428. The Morgan fingerprint density at radius 3 is 2.32 bits per heavy atom. The first-order chi connectivity index (χ1) is 10.5. The topological polar surface area (TPSA) is 64.7 Å². The zero-order valence-electron chi connectivity index (χ0n) is 13.2. The third-order valence-corrected chi connectivity index (χ3v) is 3.53. The van der Waals surface area contributed by atoms with Crippen LogP contribution in [0, 0.1) is 0 Å². The summed E-state index contributed by atoms with van der Waals surface area (Å²) in [4.78, 5) is 27.7. The lowest BCUT2D eigenvalue weighted by molar-refractivity contribution is -0.121. The van der Waals surface area contributed by atoms with Crippen molar-refractivity contribution in [3.05, 3.63) is 30.3 Å². The first-order valence-corrected chi connectivity index (χ1v) is 7.67. The van der Waals surface area contributed by atoms with Gasteiger partial charge in [0, 0.05) is 37.9 Å². The van der Waals surface area contributed by atoms with E-state index in [0.717, 1.165) is 26.2 Å². The lowest BCUT2D eigenvalue weighted by Gasteiger charge is -2.35. The van der Waals surface area contributed by atoms with Gasteiger partial charge in [-0.25, -0.2) is 4.79 Å². The quantitative estimate of drug-likeness (QED) is 0.872. The zero-order valence-corrected chi connectivity index (χ0v) is 13.2. The van der Waals surface area contributed by atoms with E-state index in [2.05, 4.69) is 32.6 Å². The molecule has 6 nitrogen and oxygen atoms in total. The van der Waals surface area contributed by atoms with Crippen LogP contribution in [-0.2, 0) is 4.79 Å². The monoisotopic (exact) mass is 304 g/mol. The molecule has 0 unspecified atom stereocenters. The Labute approximate surface area is 131 Å².